The summed E-state index contributed by atoms with van der Waals surface area (Å²) >= 11 is 0. The van der Waals surface area contributed by atoms with Crippen LogP contribution in [-0.4, -0.2) is 122 Å². The highest BCUT2D eigenvalue weighted by molar-refractivity contribution is 5.93. The summed E-state index contributed by atoms with van der Waals surface area (Å²) in [6.07, 6.45) is 14.7. The number of esters is 8. The second-order valence-corrected chi connectivity index (χ2v) is 10.5. The molecule has 0 radical (unpaired) electrons. The molecule has 0 amide bonds. The van der Waals surface area contributed by atoms with Gasteiger partial charge in [0.2, 0.25) is 0 Å². The molecule has 55 heavy (non-hydrogen) atoms. The Labute approximate surface area is 315 Å². The first-order chi connectivity index (χ1) is 26.4. The predicted octanol–water partition coefficient (Wildman–Crippen LogP) is 0.478. The van der Waals surface area contributed by atoms with E-state index in [0.29, 0.717) is 19.5 Å². The van der Waals surface area contributed by atoms with Crippen LogP contribution in [0, 0.1) is 11.8 Å². The van der Waals surface area contributed by atoms with Gasteiger partial charge in [-0.1, -0.05) is 0 Å². The fourth-order valence-electron chi connectivity index (χ4n) is 3.60. The Hall–Kier alpha value is -6.86. The highest BCUT2D eigenvalue weighted by Gasteiger charge is 2.16. The van der Waals surface area contributed by atoms with E-state index in [-0.39, 0.29) is 32.3 Å². The Balaban J connectivity index is 0.000000550. The van der Waals surface area contributed by atoms with Crippen LogP contribution in [0.5, 0.6) is 0 Å². The van der Waals surface area contributed by atoms with E-state index in [1.807, 2.05) is 0 Å². The number of rotatable bonds is 21. The lowest BCUT2D eigenvalue weighted by Crippen LogP contribution is -2.24. The Kier molecular flexibility index (Phi) is 23.3. The molecule has 0 aromatic carbocycles. The van der Waals surface area contributed by atoms with Crippen LogP contribution >= 0.6 is 0 Å². The van der Waals surface area contributed by atoms with Gasteiger partial charge >= 0.3 is 47.8 Å². The highest BCUT2D eigenvalue weighted by Crippen LogP contribution is 2.09. The molecule has 0 aliphatic rings. The van der Waals surface area contributed by atoms with Crippen molar-refractivity contribution in [2.24, 2.45) is 11.8 Å². The zero-order chi connectivity index (χ0) is 40.8. The second-order valence-electron chi connectivity index (χ2n) is 10.5. The first-order valence-electron chi connectivity index (χ1n) is 16.0. The van der Waals surface area contributed by atoms with E-state index in [1.54, 1.807) is 46.3 Å². The van der Waals surface area contributed by atoms with Crippen molar-refractivity contribution in [3.05, 3.63) is 85.5 Å². The Bertz CT molecular complexity index is 1560. The van der Waals surface area contributed by atoms with Gasteiger partial charge < -0.3 is 37.9 Å². The first kappa shape index (κ1) is 46.2. The van der Waals surface area contributed by atoms with Crippen LogP contribution in [0.15, 0.2) is 85.5 Å². The Morgan fingerprint density at radius 2 is 0.782 bits per heavy atom. The number of aromatic nitrogens is 4. The molecule has 0 N–H and O–H groups in total. The fraction of sp³-hybridized carbons (Fsp3) is 0.371. The molecule has 0 aliphatic carbocycles. The largest absolute Gasteiger partial charge is 0.466 e. The fourth-order valence-corrected chi connectivity index (χ4v) is 3.60. The monoisotopic (exact) mass is 774 g/mol. The van der Waals surface area contributed by atoms with Crippen LogP contribution in [0.4, 0.5) is 0 Å². The van der Waals surface area contributed by atoms with E-state index in [4.69, 9.17) is 18.9 Å². The summed E-state index contributed by atoms with van der Waals surface area (Å²) in [6, 6.07) is 3.48. The predicted molar refractivity (Wildman–Crippen MR) is 185 cm³/mol. The number of hydrogen-bond donors (Lipinski definition) is 0. The average Bonchev–Trinajstić information content (AvgIpc) is 3.93. The van der Waals surface area contributed by atoms with Crippen molar-refractivity contribution in [1.29, 1.82) is 0 Å². The molecule has 2 aromatic heterocycles. The molecule has 0 fully saturated rings. The lowest BCUT2D eigenvalue weighted by Gasteiger charge is -2.16. The van der Waals surface area contributed by atoms with Gasteiger partial charge in [-0.15, -0.1) is 0 Å². The Morgan fingerprint density at radius 3 is 1.09 bits per heavy atom. The van der Waals surface area contributed by atoms with E-state index in [2.05, 4.69) is 29.1 Å². The maximum atomic E-state index is 11.6. The summed E-state index contributed by atoms with van der Waals surface area (Å²) in [7, 11) is 4.74. The van der Waals surface area contributed by atoms with Crippen molar-refractivity contribution in [2.45, 2.75) is 19.5 Å². The molecule has 2 aromatic rings. The molecule has 0 unspecified atom stereocenters. The van der Waals surface area contributed by atoms with Gasteiger partial charge in [0.1, 0.15) is 0 Å². The molecule has 20 nitrogen and oxygen atoms in total. The van der Waals surface area contributed by atoms with Crippen molar-refractivity contribution in [1.82, 2.24) is 19.6 Å². The van der Waals surface area contributed by atoms with Crippen LogP contribution < -0.4 is 0 Å². The average molecular weight is 775 g/mol. The van der Waals surface area contributed by atoms with Gasteiger partial charge in [-0.3, -0.25) is 9.36 Å². The van der Waals surface area contributed by atoms with E-state index >= 15 is 0 Å². The number of carbonyl (C=O) groups is 8. The second kappa shape index (κ2) is 27.7. The van der Waals surface area contributed by atoms with E-state index in [0.717, 1.165) is 48.6 Å². The van der Waals surface area contributed by atoms with E-state index in [1.165, 1.54) is 28.4 Å². The topological polar surface area (TPSA) is 246 Å². The van der Waals surface area contributed by atoms with Crippen molar-refractivity contribution >= 4 is 47.8 Å². The maximum Gasteiger partial charge on any atom is 0.331 e. The van der Waals surface area contributed by atoms with Gasteiger partial charge in [0.25, 0.3) is 0 Å². The number of methoxy groups -OCH3 is 4. The van der Waals surface area contributed by atoms with E-state index < -0.39 is 53.7 Å². The SMILES string of the molecule is COC(=O)/C=C/C(=O)OCC(CCn1cccn1)COC(=O)/C=C/C(=O)OC.COC(=O)/C=C/C(=O)OCC(COC(=O)/C=C/C(=O)OC)Cn1cccn1. The number of aryl methyl sites for hydroxylation is 1. The number of nitrogens with zero attached hydrogens (tertiary/aromatic N) is 4. The zero-order valence-corrected chi connectivity index (χ0v) is 30.5. The molecule has 2 rings (SSSR count). The summed E-state index contributed by atoms with van der Waals surface area (Å²) in [5, 5.41) is 8.11. The normalized spacial score (nSPS) is 10.9. The quantitative estimate of drug-likeness (QED) is 0.0950. The molecule has 0 saturated heterocycles. The van der Waals surface area contributed by atoms with E-state index in [9.17, 15) is 38.4 Å². The molecule has 0 saturated carbocycles. The first-order valence-corrected chi connectivity index (χ1v) is 16.0. The third kappa shape index (κ3) is 23.3. The maximum absolute atomic E-state index is 11.6. The molecule has 2 heterocycles. The molecule has 0 bridgehead atoms. The molecule has 0 aliphatic heterocycles. The molecular formula is C35H42N4O16. The standard InChI is InChI=1S/C18H22N2O8.C17H20N2O8/c1-25-15(21)4-6-17(23)27-12-14(8-11-20-10-3-9-19-20)13-28-18(24)7-5-16(22)26-2;1-24-14(20)4-6-16(22)26-11-13(10-19-9-3-8-18-19)12-27-17(23)7-5-15(21)25-2/h3-7,9-10,14H,8,11-13H2,1-2H3;3-9,13H,10-12H2,1-2H3/b2*6-4+,7-5+. The summed E-state index contributed by atoms with van der Waals surface area (Å²) in [4.78, 5) is 90.4. The molecule has 298 valence electrons. The third-order valence-electron chi connectivity index (χ3n) is 6.40. The van der Waals surface area contributed by atoms with Gasteiger partial charge in [-0.25, -0.2) is 38.4 Å². The van der Waals surface area contributed by atoms with Gasteiger partial charge in [0.05, 0.1) is 61.4 Å². The highest BCUT2D eigenvalue weighted by atomic mass is 16.6. The van der Waals surface area contributed by atoms with Crippen molar-refractivity contribution in [3.63, 3.8) is 0 Å². The summed E-state index contributed by atoms with van der Waals surface area (Å²) < 4.78 is 41.0. The summed E-state index contributed by atoms with van der Waals surface area (Å²) in [5.41, 5.74) is 0. The number of carbonyl (C=O) groups excluding carboxylic acids is 8. The van der Waals surface area contributed by atoms with Gasteiger partial charge in [0.15, 0.2) is 0 Å². The number of hydrogen-bond acceptors (Lipinski definition) is 18. The summed E-state index contributed by atoms with van der Waals surface area (Å²) in [6.45, 7) is 0.577. The van der Waals surface area contributed by atoms with Crippen LogP contribution in [0.1, 0.15) is 6.42 Å². The minimum atomic E-state index is -0.747. The number of ether oxygens (including phenoxy) is 8. The van der Waals surface area contributed by atoms with Crippen LogP contribution in [0.2, 0.25) is 0 Å². The molecule has 0 spiro atoms. The molecule has 20 heteroatoms. The van der Waals surface area contributed by atoms with Gasteiger partial charge in [-0.2, -0.15) is 10.2 Å². The van der Waals surface area contributed by atoms with Crippen molar-refractivity contribution in [2.75, 3.05) is 54.9 Å². The third-order valence-corrected chi connectivity index (χ3v) is 6.40. The Morgan fingerprint density at radius 1 is 0.473 bits per heavy atom. The zero-order valence-electron chi connectivity index (χ0n) is 30.5. The minimum absolute atomic E-state index is 0.0421. The lowest BCUT2D eigenvalue weighted by molar-refractivity contribution is -0.145. The smallest absolute Gasteiger partial charge is 0.331 e. The van der Waals surface area contributed by atoms with Crippen LogP contribution in [0.25, 0.3) is 0 Å². The van der Waals surface area contributed by atoms with Gasteiger partial charge in [-0.05, 0) is 18.6 Å². The van der Waals surface area contributed by atoms with Crippen molar-refractivity contribution in [3.8, 4) is 0 Å². The van der Waals surface area contributed by atoms with Gasteiger partial charge in [0, 0.05) is 91.8 Å². The molecule has 0 atom stereocenters. The lowest BCUT2D eigenvalue weighted by atomic mass is 10.1. The minimum Gasteiger partial charge on any atom is -0.466 e. The summed E-state index contributed by atoms with van der Waals surface area (Å²) in [5.74, 6) is -6.43. The van der Waals surface area contributed by atoms with Crippen molar-refractivity contribution < 1.29 is 76.3 Å². The van der Waals surface area contributed by atoms with Crippen LogP contribution in [0.3, 0.4) is 0 Å². The van der Waals surface area contributed by atoms with Crippen LogP contribution in [-0.2, 0) is 89.3 Å². The molecular weight excluding hydrogens is 732 g/mol.